The van der Waals surface area contributed by atoms with Crippen LogP contribution in [0.1, 0.15) is 39.0 Å². The molecular formula is C14H25N3O. The van der Waals surface area contributed by atoms with Crippen molar-refractivity contribution in [1.29, 1.82) is 0 Å². The van der Waals surface area contributed by atoms with Gasteiger partial charge in [-0.15, -0.1) is 0 Å². The minimum atomic E-state index is -0.00339. The fourth-order valence-electron chi connectivity index (χ4n) is 3.47. The molecule has 2 rings (SSSR count). The molecule has 2 aliphatic rings. The Labute approximate surface area is 110 Å². The lowest BCUT2D eigenvalue weighted by Crippen LogP contribution is -2.62. The van der Waals surface area contributed by atoms with Crippen LogP contribution in [0.3, 0.4) is 0 Å². The van der Waals surface area contributed by atoms with Crippen molar-refractivity contribution in [3.8, 4) is 0 Å². The Morgan fingerprint density at radius 2 is 2.06 bits per heavy atom. The molecule has 0 bridgehead atoms. The number of hydrogen-bond donors (Lipinski definition) is 0. The first-order chi connectivity index (χ1) is 8.65. The number of ether oxygens (including phenoxy) is 1. The summed E-state index contributed by atoms with van der Waals surface area (Å²) in [6.45, 7) is 4.92. The van der Waals surface area contributed by atoms with Gasteiger partial charge in [-0.05, 0) is 31.7 Å². The normalized spacial score (nSPS) is 35.8. The molecule has 1 saturated carbocycles. The van der Waals surface area contributed by atoms with Crippen molar-refractivity contribution in [3.05, 3.63) is 5.41 Å². The van der Waals surface area contributed by atoms with Crippen molar-refractivity contribution < 1.29 is 9.22 Å². The maximum atomic E-state index is 8.67. The van der Waals surface area contributed by atoms with Crippen LogP contribution in [0.15, 0.2) is 4.99 Å². The fourth-order valence-corrected chi connectivity index (χ4v) is 3.47. The molecule has 2 fully saturated rings. The van der Waals surface area contributed by atoms with Crippen LogP contribution >= 0.6 is 0 Å². The van der Waals surface area contributed by atoms with Crippen molar-refractivity contribution in [1.82, 2.24) is 0 Å². The summed E-state index contributed by atoms with van der Waals surface area (Å²) in [5.41, 5.74) is 0. The largest absolute Gasteiger partial charge is 0.425 e. The Kier molecular flexibility index (Phi) is 4.55. The van der Waals surface area contributed by atoms with Crippen LogP contribution in [-0.2, 0) is 4.74 Å². The highest BCUT2D eigenvalue weighted by Crippen LogP contribution is 2.30. The number of rotatable bonds is 3. The molecule has 0 aromatic heterocycles. The minimum absolute atomic E-state index is 0.00339. The zero-order valence-corrected chi connectivity index (χ0v) is 11.6. The molecule has 18 heavy (non-hydrogen) atoms. The number of aliphatic imine (C=N–C) groups is 1. The van der Waals surface area contributed by atoms with E-state index in [-0.39, 0.29) is 12.1 Å². The Morgan fingerprint density at radius 3 is 2.72 bits per heavy atom. The summed E-state index contributed by atoms with van der Waals surface area (Å²) in [7, 11) is 2.37. The number of nitrogens with zero attached hydrogens (tertiary/aromatic N) is 3. The lowest BCUT2D eigenvalue weighted by molar-refractivity contribution is -0.944. The van der Waals surface area contributed by atoms with Crippen LogP contribution in [0, 0.1) is 0 Å². The second kappa shape index (κ2) is 5.96. The smallest absolute Gasteiger partial charge is 0.109 e. The number of likely N-dealkylation sites (N-methyl/N-ethyl adjacent to an activating group) is 1. The van der Waals surface area contributed by atoms with E-state index in [1.165, 1.54) is 32.1 Å². The highest BCUT2D eigenvalue weighted by molar-refractivity contribution is 5.45. The number of quaternary nitrogens is 1. The molecule has 3 unspecified atom stereocenters. The average molecular weight is 251 g/mol. The standard InChI is InChI=1S/C14H25N3O/c1-12(16-11-15)14-10-17(2,8-9-18-14)13-6-4-3-5-7-13/h12-14H,3-10H2,1-2H3. The Bertz CT molecular complexity index is 321. The zero-order chi connectivity index (χ0) is 13.0. The maximum Gasteiger partial charge on any atom is 0.109 e. The summed E-state index contributed by atoms with van der Waals surface area (Å²) in [6, 6.07) is 2.70. The molecular weight excluding hydrogens is 226 g/mol. The Balaban J connectivity index is 2.01. The Morgan fingerprint density at radius 1 is 1.33 bits per heavy atom. The summed E-state index contributed by atoms with van der Waals surface area (Å²) in [6.07, 6.45) is 6.98. The van der Waals surface area contributed by atoms with Gasteiger partial charge in [-0.1, -0.05) is 13.3 Å². The van der Waals surface area contributed by atoms with Gasteiger partial charge in [0.2, 0.25) is 0 Å². The molecule has 1 aliphatic heterocycles. The molecule has 0 radical (unpaired) electrons. The molecule has 1 aliphatic carbocycles. The van der Waals surface area contributed by atoms with Crippen molar-refractivity contribution in [3.63, 3.8) is 0 Å². The summed E-state index contributed by atoms with van der Waals surface area (Å²) < 4.78 is 6.94. The molecule has 1 saturated heterocycles. The molecule has 102 valence electrons. The topological polar surface area (TPSA) is 43.9 Å². The minimum Gasteiger partial charge on any atom is -0.425 e. The third-order valence-electron chi connectivity index (χ3n) is 4.79. The van der Waals surface area contributed by atoms with E-state index in [0.717, 1.165) is 30.2 Å². The van der Waals surface area contributed by atoms with Crippen LogP contribution in [0.25, 0.3) is 5.41 Å². The summed E-state index contributed by atoms with van der Waals surface area (Å²) >= 11 is 0. The highest BCUT2D eigenvalue weighted by Gasteiger charge is 2.39. The van der Waals surface area contributed by atoms with E-state index in [1.807, 2.05) is 12.9 Å². The molecule has 0 aromatic carbocycles. The Hall–Kier alpha value is -0.700. The quantitative estimate of drug-likeness (QED) is 0.560. The molecule has 1 heterocycles. The maximum absolute atomic E-state index is 8.67. The number of morpholine rings is 1. The predicted molar refractivity (Wildman–Crippen MR) is 72.8 cm³/mol. The summed E-state index contributed by atoms with van der Waals surface area (Å²) in [4.78, 5) is 3.93. The fraction of sp³-hybridized carbons (Fsp3) is 0.929. The van der Waals surface area contributed by atoms with Crippen molar-refractivity contribution >= 4 is 6.01 Å². The van der Waals surface area contributed by atoms with Crippen LogP contribution in [0.4, 0.5) is 0 Å². The van der Waals surface area contributed by atoms with Gasteiger partial charge in [-0.3, -0.25) is 0 Å². The van der Waals surface area contributed by atoms with Gasteiger partial charge < -0.3 is 19.6 Å². The van der Waals surface area contributed by atoms with E-state index in [9.17, 15) is 0 Å². The first-order valence-electron chi connectivity index (χ1n) is 7.20. The molecule has 3 atom stereocenters. The third-order valence-corrected chi connectivity index (χ3v) is 4.79. The van der Waals surface area contributed by atoms with Gasteiger partial charge in [0.1, 0.15) is 19.2 Å². The van der Waals surface area contributed by atoms with Gasteiger partial charge in [-0.2, -0.15) is 6.01 Å². The van der Waals surface area contributed by atoms with E-state index in [4.69, 9.17) is 10.1 Å². The van der Waals surface area contributed by atoms with Gasteiger partial charge >= 0.3 is 0 Å². The van der Waals surface area contributed by atoms with E-state index in [0.29, 0.717) is 0 Å². The van der Waals surface area contributed by atoms with Crippen LogP contribution in [0.5, 0.6) is 0 Å². The highest BCUT2D eigenvalue weighted by atomic mass is 16.5. The van der Waals surface area contributed by atoms with E-state index >= 15 is 0 Å². The molecule has 4 heteroatoms. The first-order valence-corrected chi connectivity index (χ1v) is 7.20. The molecule has 0 amide bonds. The van der Waals surface area contributed by atoms with Gasteiger partial charge in [-0.25, -0.2) is 0 Å². The van der Waals surface area contributed by atoms with Gasteiger partial charge in [0.15, 0.2) is 0 Å². The summed E-state index contributed by atoms with van der Waals surface area (Å²) in [5.74, 6) is 0. The van der Waals surface area contributed by atoms with Crippen molar-refractivity contribution in [2.45, 2.75) is 57.2 Å². The lowest BCUT2D eigenvalue weighted by atomic mass is 9.91. The van der Waals surface area contributed by atoms with Crippen LogP contribution in [0.2, 0.25) is 0 Å². The van der Waals surface area contributed by atoms with E-state index < -0.39 is 0 Å². The van der Waals surface area contributed by atoms with Crippen LogP contribution in [-0.4, -0.2) is 55.4 Å². The second-order valence-corrected chi connectivity index (χ2v) is 6.06. The third kappa shape index (κ3) is 3.00. The molecule has 0 spiro atoms. The van der Waals surface area contributed by atoms with Crippen LogP contribution < -0.4 is 0 Å². The second-order valence-electron chi connectivity index (χ2n) is 6.06. The SMILES string of the molecule is CC(N=C=[N-])C1C[N+](C)(C2CCCCC2)CCO1. The molecule has 0 aromatic rings. The number of hydrogen-bond acceptors (Lipinski definition) is 2. The first kappa shape index (κ1) is 13.7. The summed E-state index contributed by atoms with van der Waals surface area (Å²) in [5, 5.41) is 8.67. The van der Waals surface area contributed by atoms with Gasteiger partial charge in [0.25, 0.3) is 0 Å². The zero-order valence-electron chi connectivity index (χ0n) is 11.6. The monoisotopic (exact) mass is 251 g/mol. The molecule has 4 nitrogen and oxygen atoms in total. The average Bonchev–Trinajstić information content (AvgIpc) is 2.40. The lowest BCUT2D eigenvalue weighted by Gasteiger charge is -2.49. The van der Waals surface area contributed by atoms with Crippen molar-refractivity contribution in [2.75, 3.05) is 26.7 Å². The van der Waals surface area contributed by atoms with Gasteiger partial charge in [0, 0.05) is 0 Å². The van der Waals surface area contributed by atoms with Crippen molar-refractivity contribution in [2.24, 2.45) is 4.99 Å². The molecule has 0 N–H and O–H groups in total. The van der Waals surface area contributed by atoms with E-state index in [1.54, 1.807) is 0 Å². The predicted octanol–water partition coefficient (Wildman–Crippen LogP) is 2.30. The van der Waals surface area contributed by atoms with Gasteiger partial charge in [0.05, 0.1) is 19.7 Å². The van der Waals surface area contributed by atoms with E-state index in [2.05, 4.69) is 12.0 Å².